The minimum atomic E-state index is -0.0888. The van der Waals surface area contributed by atoms with Crippen molar-refractivity contribution >= 4 is 23.0 Å². The van der Waals surface area contributed by atoms with E-state index in [0.29, 0.717) is 0 Å². The molecule has 0 bridgehead atoms. The number of hydrazine groups is 1. The van der Waals surface area contributed by atoms with Crippen molar-refractivity contribution < 1.29 is 9.53 Å². The predicted octanol–water partition coefficient (Wildman–Crippen LogP) is 4.88. The zero-order chi connectivity index (χ0) is 17.5. The maximum atomic E-state index is 11.0. The molecule has 126 valence electrons. The van der Waals surface area contributed by atoms with Crippen molar-refractivity contribution in [2.24, 2.45) is 0 Å². The molecule has 0 saturated carbocycles. The van der Waals surface area contributed by atoms with E-state index in [1.54, 1.807) is 0 Å². The lowest BCUT2D eigenvalue weighted by molar-refractivity contribution is -0.114. The number of para-hydroxylation sites is 1. The van der Waals surface area contributed by atoms with Gasteiger partial charge in [-0.1, -0.05) is 24.3 Å². The highest BCUT2D eigenvalue weighted by Crippen LogP contribution is 2.24. The van der Waals surface area contributed by atoms with E-state index in [9.17, 15) is 4.79 Å². The minimum absolute atomic E-state index is 0.0888. The Balaban J connectivity index is 1.59. The maximum Gasteiger partial charge on any atom is 0.221 e. The van der Waals surface area contributed by atoms with Crippen LogP contribution in [0.4, 0.5) is 17.1 Å². The van der Waals surface area contributed by atoms with E-state index in [4.69, 9.17) is 4.74 Å². The lowest BCUT2D eigenvalue weighted by Crippen LogP contribution is -2.09. The van der Waals surface area contributed by atoms with Crippen molar-refractivity contribution in [1.82, 2.24) is 0 Å². The van der Waals surface area contributed by atoms with Gasteiger partial charge in [-0.2, -0.15) is 0 Å². The Hall–Kier alpha value is -3.47. The fourth-order valence-electron chi connectivity index (χ4n) is 2.25. The molecule has 1 amide bonds. The Morgan fingerprint density at radius 1 is 0.720 bits per heavy atom. The standard InChI is InChI=1S/C20H19N3O2/c1-15(24)21-16-10-12-17(13-11-16)22-23-18-6-5-9-20(14-18)25-19-7-3-2-4-8-19/h2-14,22-23H,1H3,(H,21,24). The first-order valence-electron chi connectivity index (χ1n) is 7.92. The molecule has 25 heavy (non-hydrogen) atoms. The molecule has 0 heterocycles. The van der Waals surface area contributed by atoms with Gasteiger partial charge in [-0.05, 0) is 48.5 Å². The van der Waals surface area contributed by atoms with Gasteiger partial charge in [0.25, 0.3) is 0 Å². The van der Waals surface area contributed by atoms with Gasteiger partial charge in [-0.15, -0.1) is 0 Å². The SMILES string of the molecule is CC(=O)Nc1ccc(NNc2cccc(Oc3ccccc3)c2)cc1. The quantitative estimate of drug-likeness (QED) is 0.563. The van der Waals surface area contributed by atoms with Gasteiger partial charge in [0.05, 0.1) is 11.4 Å². The fourth-order valence-corrected chi connectivity index (χ4v) is 2.25. The monoisotopic (exact) mass is 333 g/mol. The van der Waals surface area contributed by atoms with E-state index in [-0.39, 0.29) is 5.91 Å². The van der Waals surface area contributed by atoms with E-state index in [1.807, 2.05) is 78.9 Å². The molecule has 3 rings (SSSR count). The Bertz CT molecular complexity index is 833. The Morgan fingerprint density at radius 2 is 1.36 bits per heavy atom. The molecule has 3 aromatic rings. The molecule has 5 nitrogen and oxygen atoms in total. The molecule has 0 saturated heterocycles. The van der Waals surface area contributed by atoms with Crippen LogP contribution in [0.2, 0.25) is 0 Å². The van der Waals surface area contributed by atoms with Crippen LogP contribution in [0.5, 0.6) is 11.5 Å². The third-order valence-electron chi connectivity index (χ3n) is 3.37. The third kappa shape index (κ3) is 5.00. The second kappa shape index (κ2) is 7.88. The molecule has 0 aromatic heterocycles. The molecule has 5 heteroatoms. The van der Waals surface area contributed by atoms with Crippen molar-refractivity contribution in [2.75, 3.05) is 16.2 Å². The summed E-state index contributed by atoms with van der Waals surface area (Å²) in [4.78, 5) is 11.0. The van der Waals surface area contributed by atoms with Crippen molar-refractivity contribution in [3.8, 4) is 11.5 Å². The van der Waals surface area contributed by atoms with Crippen molar-refractivity contribution in [3.63, 3.8) is 0 Å². The largest absolute Gasteiger partial charge is 0.457 e. The lowest BCUT2D eigenvalue weighted by Gasteiger charge is -2.12. The van der Waals surface area contributed by atoms with Crippen molar-refractivity contribution in [1.29, 1.82) is 0 Å². The van der Waals surface area contributed by atoms with E-state index >= 15 is 0 Å². The summed E-state index contributed by atoms with van der Waals surface area (Å²) in [6, 6.07) is 24.7. The van der Waals surface area contributed by atoms with Crippen LogP contribution in [0.15, 0.2) is 78.9 Å². The first kappa shape index (κ1) is 16.4. The summed E-state index contributed by atoms with van der Waals surface area (Å²) in [6.45, 7) is 1.48. The van der Waals surface area contributed by atoms with Crippen LogP contribution in [0.25, 0.3) is 0 Å². The predicted molar refractivity (Wildman–Crippen MR) is 101 cm³/mol. The molecule has 0 aliphatic carbocycles. The van der Waals surface area contributed by atoms with E-state index in [0.717, 1.165) is 28.6 Å². The topological polar surface area (TPSA) is 62.4 Å². The average molecular weight is 333 g/mol. The van der Waals surface area contributed by atoms with Crippen LogP contribution < -0.4 is 20.9 Å². The van der Waals surface area contributed by atoms with Crippen molar-refractivity contribution in [2.45, 2.75) is 6.92 Å². The van der Waals surface area contributed by atoms with Gasteiger partial charge in [0.2, 0.25) is 5.91 Å². The first-order valence-corrected chi connectivity index (χ1v) is 7.92. The highest BCUT2D eigenvalue weighted by Gasteiger charge is 2.00. The molecular weight excluding hydrogens is 314 g/mol. The van der Waals surface area contributed by atoms with Crippen LogP contribution >= 0.6 is 0 Å². The summed E-state index contributed by atoms with van der Waals surface area (Å²) >= 11 is 0. The maximum absolute atomic E-state index is 11.0. The number of carbonyl (C=O) groups is 1. The Morgan fingerprint density at radius 3 is 2.08 bits per heavy atom. The number of rotatable bonds is 6. The summed E-state index contributed by atoms with van der Waals surface area (Å²) in [7, 11) is 0. The highest BCUT2D eigenvalue weighted by atomic mass is 16.5. The van der Waals surface area contributed by atoms with Crippen molar-refractivity contribution in [3.05, 3.63) is 78.9 Å². The Labute approximate surface area is 146 Å². The zero-order valence-electron chi connectivity index (χ0n) is 13.8. The Kier molecular flexibility index (Phi) is 5.16. The lowest BCUT2D eigenvalue weighted by atomic mass is 10.3. The van der Waals surface area contributed by atoms with Gasteiger partial charge in [0.1, 0.15) is 11.5 Å². The second-order valence-corrected chi connectivity index (χ2v) is 5.45. The molecule has 0 atom stereocenters. The van der Waals surface area contributed by atoms with Crippen LogP contribution in [0.3, 0.4) is 0 Å². The smallest absolute Gasteiger partial charge is 0.221 e. The molecule has 0 aliphatic heterocycles. The van der Waals surface area contributed by atoms with Gasteiger partial charge in [0, 0.05) is 18.7 Å². The number of carbonyl (C=O) groups excluding carboxylic acids is 1. The summed E-state index contributed by atoms with van der Waals surface area (Å²) in [5.74, 6) is 1.45. The minimum Gasteiger partial charge on any atom is -0.457 e. The second-order valence-electron chi connectivity index (χ2n) is 5.45. The molecule has 0 spiro atoms. The zero-order valence-corrected chi connectivity index (χ0v) is 13.8. The molecule has 3 aromatic carbocycles. The average Bonchev–Trinajstić information content (AvgIpc) is 2.62. The van der Waals surface area contributed by atoms with Gasteiger partial charge < -0.3 is 20.9 Å². The van der Waals surface area contributed by atoms with Crippen LogP contribution in [0, 0.1) is 0 Å². The normalized spacial score (nSPS) is 9.96. The number of ether oxygens (including phenoxy) is 1. The van der Waals surface area contributed by atoms with Gasteiger partial charge in [-0.25, -0.2) is 0 Å². The van der Waals surface area contributed by atoms with Crippen LogP contribution in [-0.2, 0) is 4.79 Å². The van der Waals surface area contributed by atoms with E-state index < -0.39 is 0 Å². The number of amides is 1. The summed E-state index contributed by atoms with van der Waals surface area (Å²) in [5, 5.41) is 2.73. The molecule has 0 fully saturated rings. The highest BCUT2D eigenvalue weighted by molar-refractivity contribution is 5.88. The van der Waals surface area contributed by atoms with E-state index in [1.165, 1.54) is 6.92 Å². The first-order chi connectivity index (χ1) is 12.2. The molecule has 0 unspecified atom stereocenters. The number of hydrogen-bond acceptors (Lipinski definition) is 4. The molecule has 0 radical (unpaired) electrons. The molecule has 0 aliphatic rings. The van der Waals surface area contributed by atoms with E-state index in [2.05, 4.69) is 16.2 Å². The molecular formula is C20H19N3O2. The third-order valence-corrected chi connectivity index (χ3v) is 3.37. The number of hydrogen-bond donors (Lipinski definition) is 3. The van der Waals surface area contributed by atoms with Crippen LogP contribution in [0.1, 0.15) is 6.92 Å². The summed E-state index contributed by atoms with van der Waals surface area (Å²) in [6.07, 6.45) is 0. The number of benzene rings is 3. The fraction of sp³-hybridized carbons (Fsp3) is 0.0500. The molecule has 3 N–H and O–H groups in total. The van der Waals surface area contributed by atoms with Gasteiger partial charge >= 0.3 is 0 Å². The van der Waals surface area contributed by atoms with Gasteiger partial charge in [-0.3, -0.25) is 4.79 Å². The number of anilines is 3. The van der Waals surface area contributed by atoms with Gasteiger partial charge in [0.15, 0.2) is 0 Å². The van der Waals surface area contributed by atoms with Crippen LogP contribution in [-0.4, -0.2) is 5.91 Å². The summed E-state index contributed by atoms with van der Waals surface area (Å²) in [5.41, 5.74) is 8.76. The number of nitrogens with one attached hydrogen (secondary N) is 3. The summed E-state index contributed by atoms with van der Waals surface area (Å²) < 4.78 is 5.82.